The lowest BCUT2D eigenvalue weighted by atomic mass is 10.1. The molecular formula is C12H14ClN3O. The molecule has 0 amide bonds. The largest absolute Gasteiger partial charge is 0.423 e. The van der Waals surface area contributed by atoms with E-state index in [1.807, 2.05) is 18.2 Å². The summed E-state index contributed by atoms with van der Waals surface area (Å²) in [6.45, 7) is 1.81. The average Bonchev–Trinajstić information content (AvgIpc) is 2.72. The van der Waals surface area contributed by atoms with Gasteiger partial charge in [0.05, 0.1) is 0 Å². The average molecular weight is 252 g/mol. The quantitative estimate of drug-likeness (QED) is 0.846. The molecule has 0 radical (unpaired) electrons. The summed E-state index contributed by atoms with van der Waals surface area (Å²) in [5.41, 5.74) is 7.46. The van der Waals surface area contributed by atoms with Gasteiger partial charge in [0.2, 0.25) is 0 Å². The number of hydrogen-bond acceptors (Lipinski definition) is 4. The number of piperidine rings is 1. The second-order valence-corrected chi connectivity index (χ2v) is 4.87. The predicted octanol–water partition coefficient (Wildman–Crippen LogP) is 2.41. The number of anilines is 1. The molecule has 0 unspecified atom stereocenters. The van der Waals surface area contributed by atoms with Gasteiger partial charge in [0.25, 0.3) is 6.01 Å². The van der Waals surface area contributed by atoms with Gasteiger partial charge in [-0.05, 0) is 31.0 Å². The fourth-order valence-corrected chi connectivity index (χ4v) is 2.28. The number of aromatic nitrogens is 1. The first-order chi connectivity index (χ1) is 8.22. The SMILES string of the molecule is NC1CCN(c2nc3cc(Cl)ccc3o2)CC1. The Morgan fingerprint density at radius 1 is 1.35 bits per heavy atom. The summed E-state index contributed by atoms with van der Waals surface area (Å²) < 4.78 is 5.71. The van der Waals surface area contributed by atoms with Crippen LogP contribution in [0.5, 0.6) is 0 Å². The van der Waals surface area contributed by atoms with Gasteiger partial charge >= 0.3 is 0 Å². The van der Waals surface area contributed by atoms with Crippen molar-refractivity contribution in [3.05, 3.63) is 23.2 Å². The lowest BCUT2D eigenvalue weighted by molar-refractivity contribution is 0.466. The normalized spacial score (nSPS) is 17.9. The zero-order chi connectivity index (χ0) is 11.8. The van der Waals surface area contributed by atoms with Crippen LogP contribution in [0.15, 0.2) is 22.6 Å². The number of benzene rings is 1. The smallest absolute Gasteiger partial charge is 0.298 e. The Morgan fingerprint density at radius 2 is 2.12 bits per heavy atom. The molecule has 90 valence electrons. The van der Waals surface area contributed by atoms with Crippen molar-refractivity contribution in [2.75, 3.05) is 18.0 Å². The van der Waals surface area contributed by atoms with Gasteiger partial charge in [-0.25, -0.2) is 0 Å². The van der Waals surface area contributed by atoms with E-state index in [1.165, 1.54) is 0 Å². The van der Waals surface area contributed by atoms with Crippen LogP contribution in [0.3, 0.4) is 0 Å². The number of nitrogens with two attached hydrogens (primary N) is 1. The maximum absolute atomic E-state index is 5.92. The van der Waals surface area contributed by atoms with E-state index in [-0.39, 0.29) is 0 Å². The first-order valence-electron chi connectivity index (χ1n) is 5.79. The van der Waals surface area contributed by atoms with Crippen LogP contribution in [0.25, 0.3) is 11.1 Å². The maximum Gasteiger partial charge on any atom is 0.298 e. The number of oxazole rings is 1. The third-order valence-corrected chi connectivity index (χ3v) is 3.38. The molecule has 4 nitrogen and oxygen atoms in total. The molecule has 0 spiro atoms. The topological polar surface area (TPSA) is 55.3 Å². The standard InChI is InChI=1S/C12H14ClN3O/c13-8-1-2-11-10(7-8)15-12(17-11)16-5-3-9(14)4-6-16/h1-2,7,9H,3-6,14H2. The van der Waals surface area contributed by atoms with Crippen LogP contribution in [-0.4, -0.2) is 24.1 Å². The molecule has 0 aliphatic carbocycles. The fraction of sp³-hybridized carbons (Fsp3) is 0.417. The van der Waals surface area contributed by atoms with Crippen LogP contribution in [0.1, 0.15) is 12.8 Å². The van der Waals surface area contributed by atoms with Gasteiger partial charge in [-0.3, -0.25) is 0 Å². The van der Waals surface area contributed by atoms with Crippen LogP contribution < -0.4 is 10.6 Å². The third-order valence-electron chi connectivity index (χ3n) is 3.15. The molecule has 0 bridgehead atoms. The molecular weight excluding hydrogens is 238 g/mol. The highest BCUT2D eigenvalue weighted by molar-refractivity contribution is 6.31. The van der Waals surface area contributed by atoms with Crippen LogP contribution in [0.2, 0.25) is 5.02 Å². The molecule has 3 rings (SSSR count). The van der Waals surface area contributed by atoms with E-state index in [0.29, 0.717) is 17.1 Å². The van der Waals surface area contributed by atoms with Crippen molar-refractivity contribution in [1.29, 1.82) is 0 Å². The zero-order valence-corrected chi connectivity index (χ0v) is 10.2. The molecule has 1 fully saturated rings. The van der Waals surface area contributed by atoms with Crippen LogP contribution >= 0.6 is 11.6 Å². The monoisotopic (exact) mass is 251 g/mol. The second-order valence-electron chi connectivity index (χ2n) is 4.43. The summed E-state index contributed by atoms with van der Waals surface area (Å²) in [6, 6.07) is 6.47. The van der Waals surface area contributed by atoms with Gasteiger partial charge in [-0.1, -0.05) is 11.6 Å². The molecule has 1 aromatic heterocycles. The lowest BCUT2D eigenvalue weighted by Gasteiger charge is -2.28. The summed E-state index contributed by atoms with van der Waals surface area (Å²) in [5, 5.41) is 0.679. The van der Waals surface area contributed by atoms with Gasteiger partial charge in [0, 0.05) is 24.2 Å². The van der Waals surface area contributed by atoms with Crippen molar-refractivity contribution in [3.8, 4) is 0 Å². The highest BCUT2D eigenvalue weighted by atomic mass is 35.5. The number of rotatable bonds is 1. The van der Waals surface area contributed by atoms with Crippen molar-refractivity contribution in [2.24, 2.45) is 5.73 Å². The van der Waals surface area contributed by atoms with Gasteiger partial charge in [-0.2, -0.15) is 4.98 Å². The molecule has 5 heteroatoms. The second kappa shape index (κ2) is 4.20. The van der Waals surface area contributed by atoms with Crippen molar-refractivity contribution in [2.45, 2.75) is 18.9 Å². The van der Waals surface area contributed by atoms with Crippen LogP contribution in [0, 0.1) is 0 Å². The number of hydrogen-bond donors (Lipinski definition) is 1. The van der Waals surface area contributed by atoms with E-state index >= 15 is 0 Å². The van der Waals surface area contributed by atoms with E-state index in [0.717, 1.165) is 37.0 Å². The van der Waals surface area contributed by atoms with Crippen molar-refractivity contribution < 1.29 is 4.42 Å². The first kappa shape index (κ1) is 10.9. The molecule has 2 N–H and O–H groups in total. The Labute approximate surface area is 104 Å². The minimum Gasteiger partial charge on any atom is -0.423 e. The Bertz CT molecular complexity index is 532. The lowest BCUT2D eigenvalue weighted by Crippen LogP contribution is -2.39. The summed E-state index contributed by atoms with van der Waals surface area (Å²) >= 11 is 5.92. The fourth-order valence-electron chi connectivity index (χ4n) is 2.11. The number of nitrogens with zero attached hydrogens (tertiary/aromatic N) is 2. The molecule has 2 aromatic rings. The highest BCUT2D eigenvalue weighted by Gasteiger charge is 2.20. The van der Waals surface area contributed by atoms with Gasteiger partial charge in [0.15, 0.2) is 5.58 Å². The zero-order valence-electron chi connectivity index (χ0n) is 9.40. The minimum absolute atomic E-state index is 0.310. The molecule has 17 heavy (non-hydrogen) atoms. The van der Waals surface area contributed by atoms with E-state index in [2.05, 4.69) is 9.88 Å². The molecule has 1 saturated heterocycles. The molecule has 1 aliphatic rings. The number of halogens is 1. The molecule has 2 heterocycles. The Hall–Kier alpha value is -1.26. The Morgan fingerprint density at radius 3 is 2.88 bits per heavy atom. The van der Waals surface area contributed by atoms with E-state index in [4.69, 9.17) is 21.8 Å². The molecule has 1 aliphatic heterocycles. The summed E-state index contributed by atoms with van der Waals surface area (Å²) in [5.74, 6) is 0. The summed E-state index contributed by atoms with van der Waals surface area (Å²) in [7, 11) is 0. The van der Waals surface area contributed by atoms with Gasteiger partial charge < -0.3 is 15.1 Å². The van der Waals surface area contributed by atoms with Crippen LogP contribution in [0.4, 0.5) is 6.01 Å². The van der Waals surface area contributed by atoms with Crippen LogP contribution in [-0.2, 0) is 0 Å². The summed E-state index contributed by atoms with van der Waals surface area (Å²) in [4.78, 5) is 6.59. The highest BCUT2D eigenvalue weighted by Crippen LogP contribution is 2.26. The predicted molar refractivity (Wildman–Crippen MR) is 68.4 cm³/mol. The van der Waals surface area contributed by atoms with E-state index < -0.39 is 0 Å². The Balaban J connectivity index is 1.90. The number of fused-ring (bicyclic) bond motifs is 1. The summed E-state index contributed by atoms with van der Waals surface area (Å²) in [6.07, 6.45) is 1.97. The van der Waals surface area contributed by atoms with Gasteiger partial charge in [-0.15, -0.1) is 0 Å². The van der Waals surface area contributed by atoms with Gasteiger partial charge in [0.1, 0.15) is 5.52 Å². The molecule has 1 aromatic carbocycles. The first-order valence-corrected chi connectivity index (χ1v) is 6.17. The third kappa shape index (κ3) is 2.10. The van der Waals surface area contributed by atoms with E-state index in [1.54, 1.807) is 0 Å². The Kier molecular flexibility index (Phi) is 2.68. The van der Waals surface area contributed by atoms with Crippen molar-refractivity contribution in [1.82, 2.24) is 4.98 Å². The minimum atomic E-state index is 0.310. The molecule has 0 saturated carbocycles. The van der Waals surface area contributed by atoms with Crippen molar-refractivity contribution in [3.63, 3.8) is 0 Å². The molecule has 0 atom stereocenters. The maximum atomic E-state index is 5.92. The van der Waals surface area contributed by atoms with E-state index in [9.17, 15) is 0 Å². The van der Waals surface area contributed by atoms with Crippen molar-refractivity contribution >= 4 is 28.7 Å².